The zero-order valence-electron chi connectivity index (χ0n) is 15.5. The average molecular weight is 378 g/mol. The molecule has 0 aliphatic carbocycles. The van der Waals surface area contributed by atoms with Crippen LogP contribution in [0.25, 0.3) is 22.3 Å². The van der Waals surface area contributed by atoms with Gasteiger partial charge < -0.3 is 4.90 Å². The van der Waals surface area contributed by atoms with E-state index in [1.165, 1.54) is 18.2 Å². The molecule has 0 N–H and O–H groups in total. The molecule has 1 amide bonds. The second kappa shape index (κ2) is 8.09. The first-order valence-corrected chi connectivity index (χ1v) is 10.5. The van der Waals surface area contributed by atoms with Gasteiger partial charge in [0.2, 0.25) is 5.91 Å². The molecular formula is C22H23N3OS. The summed E-state index contributed by atoms with van der Waals surface area (Å²) in [5.74, 6) is 1.33. The number of rotatable bonds is 4. The second-order valence-electron chi connectivity index (χ2n) is 6.96. The van der Waals surface area contributed by atoms with Crippen LogP contribution in [-0.2, 0) is 4.79 Å². The van der Waals surface area contributed by atoms with Gasteiger partial charge >= 0.3 is 0 Å². The van der Waals surface area contributed by atoms with Gasteiger partial charge in [0, 0.05) is 23.5 Å². The van der Waals surface area contributed by atoms with Gasteiger partial charge in [-0.3, -0.25) is 4.79 Å². The SMILES string of the molecule is CC1CCCCN1C(=O)CSc1nc(-c2ccccc2)nc2ccccc12. The molecule has 27 heavy (non-hydrogen) atoms. The van der Waals surface area contributed by atoms with Crippen molar-refractivity contribution in [1.82, 2.24) is 14.9 Å². The first kappa shape index (κ1) is 18.0. The Morgan fingerprint density at radius 1 is 1.07 bits per heavy atom. The number of hydrogen-bond acceptors (Lipinski definition) is 4. The van der Waals surface area contributed by atoms with Crippen molar-refractivity contribution < 1.29 is 4.79 Å². The van der Waals surface area contributed by atoms with Gasteiger partial charge in [0.15, 0.2) is 5.82 Å². The Balaban J connectivity index is 1.61. The molecule has 1 aliphatic heterocycles. The molecule has 1 aliphatic rings. The Hall–Kier alpha value is -2.40. The van der Waals surface area contributed by atoms with E-state index in [4.69, 9.17) is 9.97 Å². The quantitative estimate of drug-likeness (QED) is 0.484. The van der Waals surface area contributed by atoms with Crippen LogP contribution in [0.4, 0.5) is 0 Å². The highest BCUT2D eigenvalue weighted by molar-refractivity contribution is 8.00. The third-order valence-corrected chi connectivity index (χ3v) is 6.03. The largest absolute Gasteiger partial charge is 0.339 e. The Morgan fingerprint density at radius 3 is 2.67 bits per heavy atom. The number of fused-ring (bicyclic) bond motifs is 1. The van der Waals surface area contributed by atoms with Crippen molar-refractivity contribution in [3.05, 3.63) is 54.6 Å². The third-order valence-electron chi connectivity index (χ3n) is 5.06. The number of likely N-dealkylation sites (tertiary alicyclic amines) is 1. The van der Waals surface area contributed by atoms with Crippen LogP contribution in [0.2, 0.25) is 0 Å². The number of thioether (sulfide) groups is 1. The number of nitrogens with zero attached hydrogens (tertiary/aromatic N) is 3. The molecule has 4 nitrogen and oxygen atoms in total. The first-order chi connectivity index (χ1) is 13.2. The molecule has 2 heterocycles. The van der Waals surface area contributed by atoms with E-state index < -0.39 is 0 Å². The van der Waals surface area contributed by atoms with Crippen molar-refractivity contribution in [3.8, 4) is 11.4 Å². The Labute approximate surface area is 164 Å². The van der Waals surface area contributed by atoms with Crippen molar-refractivity contribution in [2.24, 2.45) is 0 Å². The minimum atomic E-state index is 0.205. The molecule has 0 bridgehead atoms. The van der Waals surface area contributed by atoms with E-state index in [1.807, 2.05) is 59.5 Å². The zero-order chi connectivity index (χ0) is 18.6. The highest BCUT2D eigenvalue weighted by Crippen LogP contribution is 2.29. The highest BCUT2D eigenvalue weighted by atomic mass is 32.2. The maximum atomic E-state index is 12.7. The van der Waals surface area contributed by atoms with Crippen molar-refractivity contribution in [1.29, 1.82) is 0 Å². The van der Waals surface area contributed by atoms with Gasteiger partial charge in [0.25, 0.3) is 0 Å². The summed E-state index contributed by atoms with van der Waals surface area (Å²) in [7, 11) is 0. The van der Waals surface area contributed by atoms with Gasteiger partial charge in [0.05, 0.1) is 11.3 Å². The number of para-hydroxylation sites is 1. The maximum absolute atomic E-state index is 12.7. The number of benzene rings is 2. The van der Waals surface area contributed by atoms with Crippen LogP contribution in [0, 0.1) is 0 Å². The fraction of sp³-hybridized carbons (Fsp3) is 0.318. The summed E-state index contributed by atoms with van der Waals surface area (Å²) in [6, 6.07) is 18.3. The van der Waals surface area contributed by atoms with E-state index in [-0.39, 0.29) is 5.91 Å². The summed E-state index contributed by atoms with van der Waals surface area (Å²) in [6.45, 7) is 3.02. The number of aromatic nitrogens is 2. The van der Waals surface area contributed by atoms with E-state index in [0.29, 0.717) is 17.6 Å². The molecule has 138 valence electrons. The number of carbonyl (C=O) groups is 1. The molecule has 0 spiro atoms. The van der Waals surface area contributed by atoms with Gasteiger partial charge in [-0.2, -0.15) is 0 Å². The molecule has 1 unspecified atom stereocenters. The minimum absolute atomic E-state index is 0.205. The van der Waals surface area contributed by atoms with Crippen molar-refractivity contribution >= 4 is 28.6 Å². The Bertz CT molecular complexity index is 945. The molecule has 3 aromatic rings. The fourth-order valence-electron chi connectivity index (χ4n) is 3.56. The van der Waals surface area contributed by atoms with E-state index in [0.717, 1.165) is 40.9 Å². The van der Waals surface area contributed by atoms with Crippen molar-refractivity contribution in [2.75, 3.05) is 12.3 Å². The fourth-order valence-corrected chi connectivity index (χ4v) is 4.46. The first-order valence-electron chi connectivity index (χ1n) is 9.47. The standard InChI is InChI=1S/C22H23N3OS/c1-16-9-7-8-14-25(16)20(26)15-27-22-18-12-5-6-13-19(18)23-21(24-22)17-10-3-2-4-11-17/h2-6,10-13,16H,7-9,14-15H2,1H3. The Kier molecular flexibility index (Phi) is 5.39. The second-order valence-corrected chi connectivity index (χ2v) is 7.92. The molecule has 1 saturated heterocycles. The lowest BCUT2D eigenvalue weighted by Gasteiger charge is -2.33. The number of hydrogen-bond donors (Lipinski definition) is 0. The molecule has 5 heteroatoms. The summed E-state index contributed by atoms with van der Waals surface area (Å²) in [5, 5.41) is 1.87. The minimum Gasteiger partial charge on any atom is -0.339 e. The highest BCUT2D eigenvalue weighted by Gasteiger charge is 2.23. The Morgan fingerprint density at radius 2 is 1.85 bits per heavy atom. The summed E-state index contributed by atoms with van der Waals surface area (Å²) in [5.41, 5.74) is 1.90. The predicted molar refractivity (Wildman–Crippen MR) is 111 cm³/mol. The van der Waals surface area contributed by atoms with E-state index in [1.54, 1.807) is 0 Å². The van der Waals surface area contributed by atoms with Crippen LogP contribution in [0.1, 0.15) is 26.2 Å². The summed E-state index contributed by atoms with van der Waals surface area (Å²) < 4.78 is 0. The molecule has 0 saturated carbocycles. The lowest BCUT2D eigenvalue weighted by atomic mass is 10.0. The van der Waals surface area contributed by atoms with Crippen LogP contribution < -0.4 is 0 Å². The van der Waals surface area contributed by atoms with Gasteiger partial charge in [-0.25, -0.2) is 9.97 Å². The lowest BCUT2D eigenvalue weighted by molar-refractivity contribution is -0.131. The van der Waals surface area contributed by atoms with Crippen LogP contribution in [0.5, 0.6) is 0 Å². The summed E-state index contributed by atoms with van der Waals surface area (Å²) in [4.78, 5) is 24.3. The summed E-state index contributed by atoms with van der Waals surface area (Å²) >= 11 is 1.52. The van der Waals surface area contributed by atoms with Gasteiger partial charge in [-0.1, -0.05) is 60.3 Å². The van der Waals surface area contributed by atoms with Crippen molar-refractivity contribution in [3.63, 3.8) is 0 Å². The molecule has 1 atom stereocenters. The average Bonchev–Trinajstić information content (AvgIpc) is 2.72. The normalized spacial score (nSPS) is 17.2. The van der Waals surface area contributed by atoms with Crippen LogP contribution >= 0.6 is 11.8 Å². The van der Waals surface area contributed by atoms with E-state index >= 15 is 0 Å². The van der Waals surface area contributed by atoms with Gasteiger partial charge in [-0.15, -0.1) is 0 Å². The number of piperidine rings is 1. The number of amides is 1. The van der Waals surface area contributed by atoms with Crippen LogP contribution in [0.15, 0.2) is 59.6 Å². The van der Waals surface area contributed by atoms with Crippen LogP contribution in [0.3, 0.4) is 0 Å². The van der Waals surface area contributed by atoms with Crippen LogP contribution in [-0.4, -0.2) is 39.1 Å². The molecule has 1 fully saturated rings. The predicted octanol–water partition coefficient (Wildman–Crippen LogP) is 4.79. The molecule has 1 aromatic heterocycles. The van der Waals surface area contributed by atoms with Gasteiger partial charge in [0.1, 0.15) is 5.03 Å². The number of carbonyl (C=O) groups excluding carboxylic acids is 1. The van der Waals surface area contributed by atoms with Gasteiger partial charge in [-0.05, 0) is 32.3 Å². The molecular weight excluding hydrogens is 354 g/mol. The molecule has 4 rings (SSSR count). The molecule has 0 radical (unpaired) electrons. The van der Waals surface area contributed by atoms with E-state index in [9.17, 15) is 4.79 Å². The monoisotopic (exact) mass is 377 g/mol. The smallest absolute Gasteiger partial charge is 0.233 e. The van der Waals surface area contributed by atoms with Crippen molar-refractivity contribution in [2.45, 2.75) is 37.3 Å². The zero-order valence-corrected chi connectivity index (χ0v) is 16.3. The topological polar surface area (TPSA) is 46.1 Å². The summed E-state index contributed by atoms with van der Waals surface area (Å²) in [6.07, 6.45) is 3.43. The maximum Gasteiger partial charge on any atom is 0.233 e. The molecule has 2 aromatic carbocycles. The van der Waals surface area contributed by atoms with E-state index in [2.05, 4.69) is 6.92 Å². The lowest BCUT2D eigenvalue weighted by Crippen LogP contribution is -2.42. The third kappa shape index (κ3) is 3.98.